The predicted molar refractivity (Wildman–Crippen MR) is 68.6 cm³/mol. The highest BCUT2D eigenvalue weighted by Gasteiger charge is 2.12. The summed E-state index contributed by atoms with van der Waals surface area (Å²) < 4.78 is 0. The summed E-state index contributed by atoms with van der Waals surface area (Å²) >= 11 is 0. The van der Waals surface area contributed by atoms with E-state index in [2.05, 4.69) is 10.3 Å². The lowest BCUT2D eigenvalue weighted by molar-refractivity contribution is 0.443. The number of nitrogens with two attached hydrogens (primary N) is 1. The van der Waals surface area contributed by atoms with Crippen molar-refractivity contribution in [2.45, 2.75) is 38.1 Å². The number of rotatable bonds is 2. The molecule has 0 saturated heterocycles. The van der Waals surface area contributed by atoms with Crippen LogP contribution in [0.3, 0.4) is 0 Å². The summed E-state index contributed by atoms with van der Waals surface area (Å²) in [6.07, 6.45) is 6.27. The Kier molecular flexibility index (Phi) is 3.81. The SMILES string of the molecule is NC(=NC1CCCCC1)Nc1ccccc1. The van der Waals surface area contributed by atoms with E-state index in [1.54, 1.807) is 0 Å². The van der Waals surface area contributed by atoms with E-state index in [4.69, 9.17) is 5.73 Å². The van der Waals surface area contributed by atoms with Gasteiger partial charge in [-0.15, -0.1) is 0 Å². The zero-order valence-electron chi connectivity index (χ0n) is 9.52. The molecular formula is C13H19N3. The number of para-hydroxylation sites is 1. The number of guanidine groups is 1. The normalized spacial score (nSPS) is 18.4. The third-order valence-corrected chi connectivity index (χ3v) is 2.94. The molecule has 0 atom stereocenters. The number of nitrogens with zero attached hydrogens (tertiary/aromatic N) is 1. The maximum absolute atomic E-state index is 5.88. The number of anilines is 1. The van der Waals surface area contributed by atoms with E-state index in [1.165, 1.54) is 32.1 Å². The molecule has 0 radical (unpaired) electrons. The maximum Gasteiger partial charge on any atom is 0.193 e. The second kappa shape index (κ2) is 5.54. The van der Waals surface area contributed by atoms with Crippen molar-refractivity contribution in [3.63, 3.8) is 0 Å². The average molecular weight is 217 g/mol. The number of nitrogens with one attached hydrogen (secondary N) is 1. The van der Waals surface area contributed by atoms with E-state index in [0.717, 1.165) is 5.69 Å². The van der Waals surface area contributed by atoms with E-state index in [0.29, 0.717) is 12.0 Å². The van der Waals surface area contributed by atoms with E-state index in [-0.39, 0.29) is 0 Å². The third kappa shape index (κ3) is 3.26. The first-order chi connectivity index (χ1) is 7.84. The Morgan fingerprint density at radius 2 is 1.81 bits per heavy atom. The fraction of sp³-hybridized carbons (Fsp3) is 0.462. The van der Waals surface area contributed by atoms with Crippen LogP contribution >= 0.6 is 0 Å². The number of hydrogen-bond donors (Lipinski definition) is 2. The first-order valence-corrected chi connectivity index (χ1v) is 6.00. The van der Waals surface area contributed by atoms with Gasteiger partial charge in [0.15, 0.2) is 5.96 Å². The summed E-state index contributed by atoms with van der Waals surface area (Å²) in [4.78, 5) is 4.51. The lowest BCUT2D eigenvalue weighted by Crippen LogP contribution is -2.25. The maximum atomic E-state index is 5.88. The molecule has 1 saturated carbocycles. The molecule has 1 aromatic rings. The standard InChI is InChI=1S/C13H19N3/c14-13(15-11-7-3-1-4-8-11)16-12-9-5-2-6-10-12/h1,3-4,7-8,12H,2,5-6,9-10H2,(H3,14,15,16). The smallest absolute Gasteiger partial charge is 0.193 e. The highest BCUT2D eigenvalue weighted by molar-refractivity contribution is 5.92. The number of aliphatic imine (C=N–C) groups is 1. The van der Waals surface area contributed by atoms with Gasteiger partial charge in [0, 0.05) is 5.69 Å². The molecule has 3 heteroatoms. The van der Waals surface area contributed by atoms with Crippen LogP contribution in [0.4, 0.5) is 5.69 Å². The minimum Gasteiger partial charge on any atom is -0.370 e. The second-order valence-corrected chi connectivity index (χ2v) is 4.30. The first kappa shape index (κ1) is 11.0. The average Bonchev–Trinajstić information content (AvgIpc) is 2.31. The molecule has 0 unspecified atom stereocenters. The van der Waals surface area contributed by atoms with Gasteiger partial charge >= 0.3 is 0 Å². The molecule has 16 heavy (non-hydrogen) atoms. The molecule has 86 valence electrons. The van der Waals surface area contributed by atoms with Gasteiger partial charge in [0.2, 0.25) is 0 Å². The number of benzene rings is 1. The predicted octanol–water partition coefficient (Wildman–Crippen LogP) is 2.75. The molecule has 0 bridgehead atoms. The van der Waals surface area contributed by atoms with E-state index < -0.39 is 0 Å². The Bertz CT molecular complexity index is 339. The molecule has 1 aliphatic carbocycles. The highest BCUT2D eigenvalue weighted by Crippen LogP contribution is 2.20. The van der Waals surface area contributed by atoms with Crippen LogP contribution < -0.4 is 11.1 Å². The monoisotopic (exact) mass is 217 g/mol. The minimum absolute atomic E-state index is 0.421. The van der Waals surface area contributed by atoms with Gasteiger partial charge in [-0.2, -0.15) is 0 Å². The van der Waals surface area contributed by atoms with Gasteiger partial charge in [0.05, 0.1) is 6.04 Å². The van der Waals surface area contributed by atoms with Crippen molar-refractivity contribution in [3.05, 3.63) is 30.3 Å². The fourth-order valence-corrected chi connectivity index (χ4v) is 2.11. The second-order valence-electron chi connectivity index (χ2n) is 4.30. The molecule has 1 fully saturated rings. The largest absolute Gasteiger partial charge is 0.370 e. The zero-order valence-corrected chi connectivity index (χ0v) is 9.52. The molecule has 0 spiro atoms. The van der Waals surface area contributed by atoms with Gasteiger partial charge in [-0.1, -0.05) is 37.5 Å². The summed E-state index contributed by atoms with van der Waals surface area (Å²) in [6.45, 7) is 0. The molecule has 2 rings (SSSR count). The van der Waals surface area contributed by atoms with Crippen LogP contribution in [0.15, 0.2) is 35.3 Å². The van der Waals surface area contributed by atoms with Gasteiger partial charge in [-0.05, 0) is 25.0 Å². The molecule has 0 aliphatic heterocycles. The van der Waals surface area contributed by atoms with Gasteiger partial charge in [0.1, 0.15) is 0 Å². The van der Waals surface area contributed by atoms with Crippen molar-refractivity contribution < 1.29 is 0 Å². The third-order valence-electron chi connectivity index (χ3n) is 2.94. The molecule has 0 aromatic heterocycles. The van der Waals surface area contributed by atoms with Crippen LogP contribution in [-0.2, 0) is 0 Å². The van der Waals surface area contributed by atoms with Crippen LogP contribution in [0.2, 0.25) is 0 Å². The Hall–Kier alpha value is -1.51. The van der Waals surface area contributed by atoms with Crippen LogP contribution in [0, 0.1) is 0 Å². The Labute approximate surface area is 96.8 Å². The number of hydrogen-bond acceptors (Lipinski definition) is 1. The summed E-state index contributed by atoms with van der Waals surface area (Å²) in [5, 5.41) is 3.12. The lowest BCUT2D eigenvalue weighted by atomic mass is 9.96. The summed E-state index contributed by atoms with van der Waals surface area (Å²) in [6, 6.07) is 10.4. The summed E-state index contributed by atoms with van der Waals surface area (Å²) in [5.41, 5.74) is 6.88. The Morgan fingerprint density at radius 3 is 2.50 bits per heavy atom. The minimum atomic E-state index is 0.421. The van der Waals surface area contributed by atoms with Crippen molar-refractivity contribution >= 4 is 11.6 Å². The molecule has 3 nitrogen and oxygen atoms in total. The van der Waals surface area contributed by atoms with Crippen molar-refractivity contribution in [2.75, 3.05) is 5.32 Å². The van der Waals surface area contributed by atoms with Crippen molar-refractivity contribution in [1.82, 2.24) is 0 Å². The summed E-state index contributed by atoms with van der Waals surface area (Å²) in [5.74, 6) is 0.540. The van der Waals surface area contributed by atoms with Crippen LogP contribution in [0.1, 0.15) is 32.1 Å². The molecular weight excluding hydrogens is 198 g/mol. The zero-order chi connectivity index (χ0) is 11.2. The van der Waals surface area contributed by atoms with Crippen LogP contribution in [-0.4, -0.2) is 12.0 Å². The molecule has 0 amide bonds. The van der Waals surface area contributed by atoms with Crippen LogP contribution in [0.25, 0.3) is 0 Å². The topological polar surface area (TPSA) is 50.4 Å². The Morgan fingerprint density at radius 1 is 1.12 bits per heavy atom. The van der Waals surface area contributed by atoms with Gasteiger partial charge in [0.25, 0.3) is 0 Å². The summed E-state index contributed by atoms with van der Waals surface area (Å²) in [7, 11) is 0. The molecule has 0 heterocycles. The molecule has 1 aromatic carbocycles. The van der Waals surface area contributed by atoms with Crippen molar-refractivity contribution in [3.8, 4) is 0 Å². The van der Waals surface area contributed by atoms with Crippen molar-refractivity contribution in [2.24, 2.45) is 10.7 Å². The van der Waals surface area contributed by atoms with Gasteiger partial charge in [-0.3, -0.25) is 0 Å². The molecule has 3 N–H and O–H groups in total. The van der Waals surface area contributed by atoms with E-state index >= 15 is 0 Å². The lowest BCUT2D eigenvalue weighted by Gasteiger charge is -2.18. The Balaban J connectivity index is 1.91. The van der Waals surface area contributed by atoms with E-state index in [1.807, 2.05) is 30.3 Å². The molecule has 1 aliphatic rings. The van der Waals surface area contributed by atoms with Gasteiger partial charge in [-0.25, -0.2) is 4.99 Å². The van der Waals surface area contributed by atoms with Crippen LogP contribution in [0.5, 0.6) is 0 Å². The van der Waals surface area contributed by atoms with Gasteiger partial charge < -0.3 is 11.1 Å². The highest BCUT2D eigenvalue weighted by atomic mass is 15.1. The van der Waals surface area contributed by atoms with E-state index in [9.17, 15) is 0 Å². The quantitative estimate of drug-likeness (QED) is 0.591. The fourth-order valence-electron chi connectivity index (χ4n) is 2.11. The first-order valence-electron chi connectivity index (χ1n) is 6.00. The van der Waals surface area contributed by atoms with Crippen molar-refractivity contribution in [1.29, 1.82) is 0 Å².